The average molecular weight is 170 g/mol. The van der Waals surface area contributed by atoms with Crippen LogP contribution in [0.5, 0.6) is 0 Å². The van der Waals surface area contributed by atoms with Crippen LogP contribution < -0.4 is 0 Å². The zero-order valence-electron chi connectivity index (χ0n) is 7.70. The predicted octanol–water partition coefficient (Wildman–Crippen LogP) is 1.62. The van der Waals surface area contributed by atoms with Crippen molar-refractivity contribution in [2.24, 2.45) is 17.8 Å². The molecular weight excluding hydrogens is 152 g/mol. The molecule has 0 radical (unpaired) electrons. The molecule has 0 amide bonds. The second-order valence-corrected chi connectivity index (χ2v) is 3.97. The number of aliphatic hydroxyl groups is 1. The monoisotopic (exact) mass is 170 g/mol. The third-order valence-corrected chi connectivity index (χ3v) is 3.10. The summed E-state index contributed by atoms with van der Waals surface area (Å²) in [6.45, 7) is 2.38. The molecule has 0 aromatic heterocycles. The maximum absolute atomic E-state index is 10.5. The molecule has 70 valence electrons. The van der Waals surface area contributed by atoms with E-state index in [1.54, 1.807) is 0 Å². The summed E-state index contributed by atoms with van der Waals surface area (Å²) in [6, 6.07) is 0. The van der Waals surface area contributed by atoms with Gasteiger partial charge in [-0.3, -0.25) is 0 Å². The van der Waals surface area contributed by atoms with Gasteiger partial charge in [-0.05, 0) is 37.5 Å². The van der Waals surface area contributed by atoms with E-state index in [0.717, 1.165) is 32.0 Å². The van der Waals surface area contributed by atoms with Gasteiger partial charge in [0.25, 0.3) is 0 Å². The SMILES string of the molecule is CC(CO)C1CCC(C=O)CC1. The molecule has 0 aromatic carbocycles. The van der Waals surface area contributed by atoms with E-state index in [1.807, 2.05) is 0 Å². The smallest absolute Gasteiger partial charge is 0.123 e. The van der Waals surface area contributed by atoms with Crippen molar-refractivity contribution in [3.8, 4) is 0 Å². The van der Waals surface area contributed by atoms with Gasteiger partial charge in [0, 0.05) is 12.5 Å². The van der Waals surface area contributed by atoms with Crippen molar-refractivity contribution < 1.29 is 9.90 Å². The summed E-state index contributed by atoms with van der Waals surface area (Å²) in [6.07, 6.45) is 5.37. The van der Waals surface area contributed by atoms with Gasteiger partial charge < -0.3 is 9.90 Å². The quantitative estimate of drug-likeness (QED) is 0.653. The Balaban J connectivity index is 2.30. The van der Waals surface area contributed by atoms with Crippen LogP contribution >= 0.6 is 0 Å². The van der Waals surface area contributed by atoms with Crippen molar-refractivity contribution in [1.29, 1.82) is 0 Å². The first kappa shape index (κ1) is 9.72. The van der Waals surface area contributed by atoms with E-state index in [1.165, 1.54) is 0 Å². The van der Waals surface area contributed by atoms with Gasteiger partial charge in [-0.1, -0.05) is 6.92 Å². The number of rotatable bonds is 3. The number of carbonyl (C=O) groups excluding carboxylic acids is 1. The highest BCUT2D eigenvalue weighted by atomic mass is 16.3. The van der Waals surface area contributed by atoms with Crippen LogP contribution in [-0.2, 0) is 4.79 Å². The zero-order valence-corrected chi connectivity index (χ0v) is 7.70. The van der Waals surface area contributed by atoms with Crippen LogP contribution in [0, 0.1) is 17.8 Å². The summed E-state index contributed by atoms with van der Waals surface area (Å²) < 4.78 is 0. The molecule has 1 unspecified atom stereocenters. The van der Waals surface area contributed by atoms with Crippen LogP contribution in [0.15, 0.2) is 0 Å². The van der Waals surface area contributed by atoms with E-state index in [4.69, 9.17) is 5.11 Å². The molecule has 0 spiro atoms. The Kier molecular flexibility index (Phi) is 3.73. The van der Waals surface area contributed by atoms with Crippen LogP contribution in [0.3, 0.4) is 0 Å². The molecule has 0 saturated heterocycles. The Morgan fingerprint density at radius 2 is 2.00 bits per heavy atom. The maximum Gasteiger partial charge on any atom is 0.123 e. The molecule has 0 aliphatic heterocycles. The molecule has 2 nitrogen and oxygen atoms in total. The second kappa shape index (κ2) is 4.61. The molecule has 1 fully saturated rings. The largest absolute Gasteiger partial charge is 0.396 e. The molecule has 0 heterocycles. The minimum atomic E-state index is 0.288. The second-order valence-electron chi connectivity index (χ2n) is 3.97. The standard InChI is InChI=1S/C10H18O2/c1-8(6-11)10-4-2-9(7-12)3-5-10/h7-11H,2-6H2,1H3. The molecule has 1 saturated carbocycles. The van der Waals surface area contributed by atoms with Gasteiger partial charge in [-0.25, -0.2) is 0 Å². The lowest BCUT2D eigenvalue weighted by atomic mass is 9.77. The molecule has 1 N–H and O–H groups in total. The lowest BCUT2D eigenvalue weighted by Crippen LogP contribution is -2.22. The van der Waals surface area contributed by atoms with Crippen molar-refractivity contribution in [2.75, 3.05) is 6.61 Å². The molecule has 1 aliphatic carbocycles. The highest BCUT2D eigenvalue weighted by molar-refractivity contribution is 5.53. The predicted molar refractivity (Wildman–Crippen MR) is 47.8 cm³/mol. The summed E-state index contributed by atoms with van der Waals surface area (Å²) in [5.41, 5.74) is 0. The minimum Gasteiger partial charge on any atom is -0.396 e. The Bertz CT molecular complexity index is 137. The first-order chi connectivity index (χ1) is 5.77. The van der Waals surface area contributed by atoms with Crippen molar-refractivity contribution in [3.05, 3.63) is 0 Å². The fourth-order valence-electron chi connectivity index (χ4n) is 2.00. The molecule has 0 bridgehead atoms. The third kappa shape index (κ3) is 2.31. The Morgan fingerprint density at radius 1 is 1.42 bits per heavy atom. The van der Waals surface area contributed by atoms with E-state index in [0.29, 0.717) is 17.8 Å². The van der Waals surface area contributed by atoms with Crippen LogP contribution in [0.25, 0.3) is 0 Å². The Morgan fingerprint density at radius 3 is 2.42 bits per heavy atom. The van der Waals surface area contributed by atoms with Crippen molar-refractivity contribution in [3.63, 3.8) is 0 Å². The summed E-state index contributed by atoms with van der Waals surface area (Å²) >= 11 is 0. The van der Waals surface area contributed by atoms with E-state index in [2.05, 4.69) is 6.92 Å². The van der Waals surface area contributed by atoms with Gasteiger partial charge >= 0.3 is 0 Å². The van der Waals surface area contributed by atoms with Gasteiger partial charge in [0.15, 0.2) is 0 Å². The van der Waals surface area contributed by atoms with Gasteiger partial charge in [0.05, 0.1) is 0 Å². The maximum atomic E-state index is 10.5. The van der Waals surface area contributed by atoms with Crippen molar-refractivity contribution in [2.45, 2.75) is 32.6 Å². The number of carbonyl (C=O) groups is 1. The minimum absolute atomic E-state index is 0.288. The number of aliphatic hydroxyl groups excluding tert-OH is 1. The molecule has 0 aromatic rings. The van der Waals surface area contributed by atoms with E-state index in [-0.39, 0.29) is 6.61 Å². The fourth-order valence-corrected chi connectivity index (χ4v) is 2.00. The van der Waals surface area contributed by atoms with Crippen molar-refractivity contribution in [1.82, 2.24) is 0 Å². The normalized spacial score (nSPS) is 32.8. The van der Waals surface area contributed by atoms with E-state index >= 15 is 0 Å². The van der Waals surface area contributed by atoms with Gasteiger partial charge in [0.1, 0.15) is 6.29 Å². The first-order valence-electron chi connectivity index (χ1n) is 4.84. The number of hydrogen-bond acceptors (Lipinski definition) is 2. The Labute approximate surface area is 74.0 Å². The van der Waals surface area contributed by atoms with Crippen LogP contribution in [0.2, 0.25) is 0 Å². The third-order valence-electron chi connectivity index (χ3n) is 3.10. The van der Waals surface area contributed by atoms with Crippen molar-refractivity contribution >= 4 is 6.29 Å². The van der Waals surface area contributed by atoms with E-state index in [9.17, 15) is 4.79 Å². The summed E-state index contributed by atoms with van der Waals surface area (Å²) in [5.74, 6) is 1.36. The lowest BCUT2D eigenvalue weighted by Gasteiger charge is -2.29. The summed E-state index contributed by atoms with van der Waals surface area (Å²) in [7, 11) is 0. The first-order valence-corrected chi connectivity index (χ1v) is 4.84. The van der Waals surface area contributed by atoms with Gasteiger partial charge in [-0.2, -0.15) is 0 Å². The highest BCUT2D eigenvalue weighted by Gasteiger charge is 2.24. The number of aldehydes is 1. The van der Waals surface area contributed by atoms with Gasteiger partial charge in [0.2, 0.25) is 0 Å². The molecular formula is C10H18O2. The highest BCUT2D eigenvalue weighted by Crippen LogP contribution is 2.32. The molecule has 12 heavy (non-hydrogen) atoms. The fraction of sp³-hybridized carbons (Fsp3) is 0.900. The Hall–Kier alpha value is -0.370. The lowest BCUT2D eigenvalue weighted by molar-refractivity contribution is -0.112. The molecule has 1 atom stereocenters. The molecule has 1 rings (SSSR count). The zero-order chi connectivity index (χ0) is 8.97. The van der Waals surface area contributed by atoms with Crippen LogP contribution in [0.1, 0.15) is 32.6 Å². The van der Waals surface area contributed by atoms with E-state index < -0.39 is 0 Å². The molecule has 2 heteroatoms. The topological polar surface area (TPSA) is 37.3 Å². The summed E-state index contributed by atoms with van der Waals surface area (Å²) in [5, 5.41) is 8.94. The summed E-state index contributed by atoms with van der Waals surface area (Å²) in [4.78, 5) is 10.5. The average Bonchev–Trinajstić information content (AvgIpc) is 2.17. The van der Waals surface area contributed by atoms with Crippen LogP contribution in [0.4, 0.5) is 0 Å². The van der Waals surface area contributed by atoms with Gasteiger partial charge in [-0.15, -0.1) is 0 Å². The number of hydrogen-bond donors (Lipinski definition) is 1. The van der Waals surface area contributed by atoms with Crippen LogP contribution in [-0.4, -0.2) is 18.0 Å². The molecule has 1 aliphatic rings.